The van der Waals surface area contributed by atoms with Gasteiger partial charge in [-0.1, -0.05) is 29.3 Å². The lowest BCUT2D eigenvalue weighted by molar-refractivity contribution is -0.118. The molecule has 2 heterocycles. The molecule has 148 valence electrons. The average molecular weight is 418 g/mol. The van der Waals surface area contributed by atoms with Crippen LogP contribution in [0.15, 0.2) is 42.5 Å². The molecule has 6 heteroatoms. The van der Waals surface area contributed by atoms with Crippen LogP contribution in [-0.4, -0.2) is 50.1 Å². The van der Waals surface area contributed by atoms with Crippen molar-refractivity contribution in [1.29, 1.82) is 0 Å². The molecule has 0 N–H and O–H groups in total. The van der Waals surface area contributed by atoms with E-state index in [-0.39, 0.29) is 5.91 Å². The van der Waals surface area contributed by atoms with Crippen LogP contribution >= 0.6 is 23.2 Å². The number of nitrogens with zero attached hydrogens (tertiary/aromatic N) is 3. The summed E-state index contributed by atoms with van der Waals surface area (Å²) in [5, 5.41) is 1.53. The van der Waals surface area contributed by atoms with Gasteiger partial charge in [-0.05, 0) is 61.3 Å². The number of hydrogen-bond acceptors (Lipinski definition) is 3. The zero-order valence-corrected chi connectivity index (χ0v) is 17.4. The second kappa shape index (κ2) is 8.73. The second-order valence-electron chi connectivity index (χ2n) is 7.48. The summed E-state index contributed by atoms with van der Waals surface area (Å²) in [6, 6.07) is 13.9. The van der Waals surface area contributed by atoms with E-state index >= 15 is 0 Å². The van der Waals surface area contributed by atoms with Crippen molar-refractivity contribution in [2.45, 2.75) is 19.3 Å². The van der Waals surface area contributed by atoms with Crippen LogP contribution in [0.1, 0.15) is 18.4 Å². The smallest absolute Gasteiger partial charge is 0.227 e. The van der Waals surface area contributed by atoms with Crippen molar-refractivity contribution in [3.63, 3.8) is 0 Å². The van der Waals surface area contributed by atoms with E-state index in [1.807, 2.05) is 41.3 Å². The SMILES string of the molecule is O=C1CCc2cc(Cl)ccc2N1CCCN1CCN(c2cccc(Cl)c2)CC1. The van der Waals surface area contributed by atoms with E-state index in [9.17, 15) is 4.79 Å². The molecule has 0 saturated carbocycles. The number of hydrogen-bond donors (Lipinski definition) is 0. The number of carbonyl (C=O) groups is 1. The predicted octanol–water partition coefficient (Wildman–Crippen LogP) is 4.48. The summed E-state index contributed by atoms with van der Waals surface area (Å²) >= 11 is 12.2. The molecule has 0 aliphatic carbocycles. The molecule has 2 aliphatic rings. The number of aryl methyl sites for hydroxylation is 1. The van der Waals surface area contributed by atoms with Crippen molar-refractivity contribution < 1.29 is 4.79 Å². The summed E-state index contributed by atoms with van der Waals surface area (Å²) in [6.07, 6.45) is 2.34. The molecule has 2 aromatic carbocycles. The average Bonchev–Trinajstić information content (AvgIpc) is 2.70. The van der Waals surface area contributed by atoms with Crippen LogP contribution in [0.2, 0.25) is 10.0 Å². The number of amides is 1. The number of rotatable bonds is 5. The molecular weight excluding hydrogens is 393 g/mol. The molecule has 1 saturated heterocycles. The maximum Gasteiger partial charge on any atom is 0.227 e. The Labute approximate surface area is 176 Å². The molecule has 4 nitrogen and oxygen atoms in total. The molecule has 2 aliphatic heterocycles. The quantitative estimate of drug-likeness (QED) is 0.716. The maximum atomic E-state index is 12.4. The van der Waals surface area contributed by atoms with Gasteiger partial charge in [0.15, 0.2) is 0 Å². The molecule has 0 unspecified atom stereocenters. The van der Waals surface area contributed by atoms with Crippen LogP contribution in [0, 0.1) is 0 Å². The van der Waals surface area contributed by atoms with Gasteiger partial charge in [0.2, 0.25) is 5.91 Å². The normalized spacial score (nSPS) is 17.7. The van der Waals surface area contributed by atoms with Gasteiger partial charge in [0.1, 0.15) is 0 Å². The first-order valence-corrected chi connectivity index (χ1v) is 10.7. The van der Waals surface area contributed by atoms with Gasteiger partial charge in [-0.3, -0.25) is 9.69 Å². The molecule has 0 bridgehead atoms. The Morgan fingerprint density at radius 3 is 2.43 bits per heavy atom. The van der Waals surface area contributed by atoms with E-state index in [1.54, 1.807) is 0 Å². The summed E-state index contributed by atoms with van der Waals surface area (Å²) in [5.41, 5.74) is 3.41. The Balaban J connectivity index is 1.28. The third kappa shape index (κ3) is 4.45. The first kappa shape index (κ1) is 19.6. The van der Waals surface area contributed by atoms with Gasteiger partial charge >= 0.3 is 0 Å². The lowest BCUT2D eigenvalue weighted by atomic mass is 10.0. The highest BCUT2D eigenvalue weighted by atomic mass is 35.5. The largest absolute Gasteiger partial charge is 0.369 e. The fourth-order valence-electron chi connectivity index (χ4n) is 4.13. The number of benzene rings is 2. The van der Waals surface area contributed by atoms with E-state index in [0.717, 1.165) is 67.8 Å². The fourth-order valence-corrected chi connectivity index (χ4v) is 4.51. The second-order valence-corrected chi connectivity index (χ2v) is 8.35. The van der Waals surface area contributed by atoms with Crippen molar-refractivity contribution in [3.05, 3.63) is 58.1 Å². The lowest BCUT2D eigenvalue weighted by Gasteiger charge is -2.36. The summed E-state index contributed by atoms with van der Waals surface area (Å²) in [4.78, 5) is 19.2. The Morgan fingerprint density at radius 2 is 1.64 bits per heavy atom. The molecule has 1 amide bonds. The van der Waals surface area contributed by atoms with E-state index in [0.29, 0.717) is 6.42 Å². The molecule has 0 atom stereocenters. The highest BCUT2D eigenvalue weighted by Gasteiger charge is 2.24. The minimum atomic E-state index is 0.223. The summed E-state index contributed by atoms with van der Waals surface area (Å²) in [5.74, 6) is 0.223. The van der Waals surface area contributed by atoms with Gasteiger partial charge in [-0.25, -0.2) is 0 Å². The van der Waals surface area contributed by atoms with E-state index in [2.05, 4.69) is 15.9 Å². The first-order valence-electron chi connectivity index (χ1n) is 9.92. The minimum Gasteiger partial charge on any atom is -0.369 e. The van der Waals surface area contributed by atoms with Crippen LogP contribution in [0.25, 0.3) is 0 Å². The number of carbonyl (C=O) groups excluding carboxylic acids is 1. The molecule has 0 aromatic heterocycles. The summed E-state index contributed by atoms with van der Waals surface area (Å²) in [6.45, 7) is 5.85. The van der Waals surface area contributed by atoms with Crippen LogP contribution in [0.3, 0.4) is 0 Å². The fraction of sp³-hybridized carbons (Fsp3) is 0.409. The van der Waals surface area contributed by atoms with Crippen molar-refractivity contribution in [3.8, 4) is 0 Å². The highest BCUT2D eigenvalue weighted by molar-refractivity contribution is 6.31. The van der Waals surface area contributed by atoms with E-state index in [1.165, 1.54) is 11.3 Å². The van der Waals surface area contributed by atoms with Crippen LogP contribution < -0.4 is 9.80 Å². The number of piperazine rings is 1. The molecule has 0 spiro atoms. The Kier molecular flexibility index (Phi) is 6.10. The number of fused-ring (bicyclic) bond motifs is 1. The topological polar surface area (TPSA) is 26.8 Å². The zero-order valence-electron chi connectivity index (χ0n) is 15.9. The molecule has 0 radical (unpaired) electrons. The van der Waals surface area contributed by atoms with Crippen molar-refractivity contribution in [1.82, 2.24) is 4.90 Å². The van der Waals surface area contributed by atoms with Gasteiger partial charge < -0.3 is 9.80 Å². The Morgan fingerprint density at radius 1 is 0.857 bits per heavy atom. The van der Waals surface area contributed by atoms with Crippen molar-refractivity contribution >= 4 is 40.5 Å². The van der Waals surface area contributed by atoms with Gasteiger partial charge in [0.25, 0.3) is 0 Å². The van der Waals surface area contributed by atoms with E-state index < -0.39 is 0 Å². The number of halogens is 2. The first-order chi connectivity index (χ1) is 13.6. The Hall–Kier alpha value is -1.75. The van der Waals surface area contributed by atoms with Gasteiger partial charge in [-0.15, -0.1) is 0 Å². The highest BCUT2D eigenvalue weighted by Crippen LogP contribution is 2.30. The maximum absolute atomic E-state index is 12.4. The van der Waals surface area contributed by atoms with Crippen LogP contribution in [0.5, 0.6) is 0 Å². The third-order valence-corrected chi connectivity index (χ3v) is 6.11. The summed E-state index contributed by atoms with van der Waals surface area (Å²) < 4.78 is 0. The van der Waals surface area contributed by atoms with E-state index in [4.69, 9.17) is 23.2 Å². The third-order valence-electron chi connectivity index (χ3n) is 5.64. The molecule has 2 aromatic rings. The monoisotopic (exact) mass is 417 g/mol. The van der Waals surface area contributed by atoms with Gasteiger partial charge in [0.05, 0.1) is 0 Å². The van der Waals surface area contributed by atoms with Gasteiger partial charge in [-0.2, -0.15) is 0 Å². The van der Waals surface area contributed by atoms with Crippen molar-refractivity contribution in [2.24, 2.45) is 0 Å². The van der Waals surface area contributed by atoms with Crippen molar-refractivity contribution in [2.75, 3.05) is 49.1 Å². The molecular formula is C22H25Cl2N3O. The minimum absolute atomic E-state index is 0.223. The molecule has 4 rings (SSSR count). The molecule has 28 heavy (non-hydrogen) atoms. The molecule has 1 fully saturated rings. The lowest BCUT2D eigenvalue weighted by Crippen LogP contribution is -2.47. The van der Waals surface area contributed by atoms with Crippen LogP contribution in [-0.2, 0) is 11.2 Å². The zero-order chi connectivity index (χ0) is 19.5. The predicted molar refractivity (Wildman–Crippen MR) is 117 cm³/mol. The summed E-state index contributed by atoms with van der Waals surface area (Å²) in [7, 11) is 0. The van der Waals surface area contributed by atoms with Crippen LogP contribution in [0.4, 0.5) is 11.4 Å². The number of anilines is 2. The standard InChI is InChI=1S/C22H25Cl2N3O/c23-18-3-1-4-20(16-18)26-13-11-25(12-14-26)9-2-10-27-21-7-6-19(24)15-17(21)5-8-22(27)28/h1,3-4,6-7,15-16H,2,5,8-14H2. The van der Waals surface area contributed by atoms with Gasteiger partial charge in [0, 0.05) is 60.6 Å². The Bertz CT molecular complexity index is 849.